The highest BCUT2D eigenvalue weighted by Gasteiger charge is 2.30. The summed E-state index contributed by atoms with van der Waals surface area (Å²) in [5.41, 5.74) is 1.25. The van der Waals surface area contributed by atoms with Crippen LogP contribution in [0.3, 0.4) is 0 Å². The molecule has 0 amide bonds. The molecule has 2 unspecified atom stereocenters. The van der Waals surface area contributed by atoms with Gasteiger partial charge in [0.1, 0.15) is 0 Å². The van der Waals surface area contributed by atoms with Crippen molar-refractivity contribution in [3.05, 3.63) is 0 Å². The quantitative estimate of drug-likeness (QED) is 0.249. The fourth-order valence-electron chi connectivity index (χ4n) is 2.42. The molecule has 0 nitrogen and oxygen atoms in total. The summed E-state index contributed by atoms with van der Waals surface area (Å²) in [5.74, 6) is 7.99. The maximum atomic E-state index is 2.31. The first-order valence-corrected chi connectivity index (χ1v) is 27.2. The molecule has 468 valence electrons. The maximum Gasteiger partial charge on any atom is -0.0354 e. The zero-order valence-corrected chi connectivity index (χ0v) is 49.1. The van der Waals surface area contributed by atoms with Gasteiger partial charge in [0.25, 0.3) is 0 Å². The molecule has 0 radical (unpaired) electrons. The van der Waals surface area contributed by atoms with E-state index in [2.05, 4.69) is 180 Å². The smallest absolute Gasteiger partial charge is 0.0354 e. The largest absolute Gasteiger partial charge is 0.0776 e. The van der Waals surface area contributed by atoms with Crippen molar-refractivity contribution in [3.63, 3.8) is 0 Å². The van der Waals surface area contributed by atoms with E-state index in [1.807, 2.05) is 27.7 Å². The van der Waals surface area contributed by atoms with Gasteiger partial charge in [-0.05, 0) is 77.4 Å². The molecule has 2 atom stereocenters. The molecule has 5 rings (SSSR count). The van der Waals surface area contributed by atoms with Crippen molar-refractivity contribution < 1.29 is 0 Å². The standard InChI is InChI=1S/4C5H10.4C5H12.C4H8.2C4H10.C3H8.2C2H6.12CH4/c1-5(2)3-4-5;1-4-3-5(4)2;1-5-3-2-4-5;1-2-5-3-4-5;1-5(2,3)4;2*1-4-5(2)3;1-3-5-4-2;1-4-2-3-4;1-4(2)3;1-3-4-2;1-3-2;2*1-2;;;;;;;;;;;;/h3-4H2,1-2H3;4-5H,3H2,1-2H3;2*5H,2-4H2,1H3;1-4H3;2*5H,4H2,1-3H3;3-5H2,1-2H3;4H,2-3H2,1H3;4H,1-3H3;3-4H2,1-2H3;3H2,1-2H3;2*1-2H3;12*1H4. The highest BCUT2D eigenvalue weighted by molar-refractivity contribution is 4.82. The van der Waals surface area contributed by atoms with Gasteiger partial charge in [0.05, 0.1) is 0 Å². The third kappa shape index (κ3) is 316. The first-order valence-electron chi connectivity index (χ1n) is 27.2. The number of hydrogen-bond acceptors (Lipinski definition) is 0. The van der Waals surface area contributed by atoms with Crippen LogP contribution in [0.15, 0.2) is 0 Å². The van der Waals surface area contributed by atoms with E-state index in [1.54, 1.807) is 0 Å². The molecule has 0 spiro atoms. The van der Waals surface area contributed by atoms with Gasteiger partial charge in [0.2, 0.25) is 0 Å². The van der Waals surface area contributed by atoms with Gasteiger partial charge in [-0.25, -0.2) is 0 Å². The molecule has 5 aliphatic carbocycles. The van der Waals surface area contributed by atoms with E-state index in [9.17, 15) is 0 Å². The summed E-state index contributed by atoms with van der Waals surface area (Å²) in [6.45, 7) is 65.6. The molecule has 0 aromatic carbocycles. The molecule has 0 N–H and O–H groups in total. The normalized spacial score (nSPS) is 14.7. The van der Waals surface area contributed by atoms with Crippen LogP contribution in [0.4, 0.5) is 0 Å². The molecule has 5 fully saturated rings. The van der Waals surface area contributed by atoms with Crippen molar-refractivity contribution in [3.8, 4) is 0 Å². The summed E-state index contributed by atoms with van der Waals surface area (Å²) < 4.78 is 0. The highest BCUT2D eigenvalue weighted by Crippen LogP contribution is 2.43. The van der Waals surface area contributed by atoms with Crippen LogP contribution < -0.4 is 0 Å². The predicted octanol–water partition coefficient (Wildman–Crippen LogP) is 31.4. The van der Waals surface area contributed by atoms with Gasteiger partial charge in [-0.2, -0.15) is 0 Å². The maximum absolute atomic E-state index is 2.31. The second-order valence-electron chi connectivity index (χ2n) is 21.8. The Morgan fingerprint density at radius 1 is 0.423 bits per heavy atom. The van der Waals surface area contributed by atoms with Crippen molar-refractivity contribution in [1.29, 1.82) is 0 Å². The minimum atomic E-state index is 0. The Balaban J connectivity index is -0.0000000198. The van der Waals surface area contributed by atoms with Gasteiger partial charge in [0.15, 0.2) is 0 Å². The Bertz CT molecular complexity index is 553. The van der Waals surface area contributed by atoms with Crippen molar-refractivity contribution in [2.75, 3.05) is 0 Å². The number of hydrogen-bond donors (Lipinski definition) is 0. The first kappa shape index (κ1) is 139. The van der Waals surface area contributed by atoms with Crippen molar-refractivity contribution in [2.24, 2.45) is 58.2 Å². The van der Waals surface area contributed by atoms with Gasteiger partial charge in [-0.1, -0.05) is 400 Å². The Kier molecular flexibility index (Phi) is 216. The molecule has 71 heavy (non-hydrogen) atoms. The lowest BCUT2D eigenvalue weighted by atomic mass is 9.88. The average Bonchev–Trinajstić information content (AvgIpc) is 3.95. The van der Waals surface area contributed by atoms with Gasteiger partial charge < -0.3 is 0 Å². The van der Waals surface area contributed by atoms with E-state index in [0.29, 0.717) is 5.41 Å². The lowest BCUT2D eigenvalue weighted by molar-refractivity contribution is 0.346. The average molecular weight is 1040 g/mol. The topological polar surface area (TPSA) is 0 Å². The molecule has 0 bridgehead atoms. The van der Waals surface area contributed by atoms with E-state index < -0.39 is 0 Å². The molecule has 0 heteroatoms. The summed E-state index contributed by atoms with van der Waals surface area (Å²) in [4.78, 5) is 0. The van der Waals surface area contributed by atoms with E-state index in [-0.39, 0.29) is 89.1 Å². The van der Waals surface area contributed by atoms with Gasteiger partial charge in [-0.3, -0.25) is 0 Å². The second-order valence-corrected chi connectivity index (χ2v) is 21.8. The first-order chi connectivity index (χ1) is 27.2. The molecular formula is C71H184. The third-order valence-corrected chi connectivity index (χ3v) is 9.14. The minimum absolute atomic E-state index is 0. The van der Waals surface area contributed by atoms with Gasteiger partial charge in [0, 0.05) is 0 Å². The summed E-state index contributed by atoms with van der Waals surface area (Å²) >= 11 is 0. The summed E-state index contributed by atoms with van der Waals surface area (Å²) in [6.07, 6.45) is 26.8. The zero-order chi connectivity index (χ0) is 49.1. The summed E-state index contributed by atoms with van der Waals surface area (Å²) in [7, 11) is 0. The van der Waals surface area contributed by atoms with E-state index >= 15 is 0 Å². The summed E-state index contributed by atoms with van der Waals surface area (Å²) in [6, 6.07) is 0. The van der Waals surface area contributed by atoms with Crippen LogP contribution in [0, 0.1) is 58.2 Å². The molecule has 5 saturated carbocycles. The number of unbranched alkanes of at least 4 members (excludes halogenated alkanes) is 3. The van der Waals surface area contributed by atoms with E-state index in [0.717, 1.165) is 52.8 Å². The minimum Gasteiger partial charge on any atom is -0.0776 e. The highest BCUT2D eigenvalue weighted by atomic mass is 14.4. The fourth-order valence-corrected chi connectivity index (χ4v) is 2.42. The molecule has 0 aromatic heterocycles. The number of rotatable bonds is 6. The van der Waals surface area contributed by atoms with Gasteiger partial charge >= 0.3 is 0 Å². The van der Waals surface area contributed by atoms with Crippen LogP contribution in [0.5, 0.6) is 0 Å². The van der Waals surface area contributed by atoms with Gasteiger partial charge in [-0.15, -0.1) is 0 Å². The molecule has 0 aromatic rings. The van der Waals surface area contributed by atoms with Crippen molar-refractivity contribution in [2.45, 2.75) is 419 Å². The Labute approximate surface area is 474 Å². The molecule has 0 heterocycles. The van der Waals surface area contributed by atoms with Crippen LogP contribution in [0.25, 0.3) is 0 Å². The third-order valence-electron chi connectivity index (χ3n) is 9.14. The Morgan fingerprint density at radius 3 is 0.592 bits per heavy atom. The van der Waals surface area contributed by atoms with Crippen LogP contribution in [-0.2, 0) is 0 Å². The monoisotopic (exact) mass is 1040 g/mol. The zero-order valence-electron chi connectivity index (χ0n) is 49.1. The Morgan fingerprint density at radius 2 is 0.592 bits per heavy atom. The fraction of sp³-hybridized carbons (Fsp3) is 1.00. The molecule has 5 aliphatic rings. The second kappa shape index (κ2) is 110. The van der Waals surface area contributed by atoms with Crippen LogP contribution >= 0.6 is 0 Å². The molecule has 0 saturated heterocycles. The van der Waals surface area contributed by atoms with Crippen molar-refractivity contribution >= 4 is 0 Å². The van der Waals surface area contributed by atoms with E-state index in [1.165, 1.54) is 122 Å². The van der Waals surface area contributed by atoms with Crippen LogP contribution in [-0.4, -0.2) is 0 Å². The predicted molar refractivity (Wildman–Crippen MR) is 372 cm³/mol. The van der Waals surface area contributed by atoms with Crippen LogP contribution in [0.2, 0.25) is 0 Å². The lowest BCUT2D eigenvalue weighted by Crippen LogP contribution is -2.04. The molecule has 0 aliphatic heterocycles. The van der Waals surface area contributed by atoms with Crippen LogP contribution in [0.1, 0.15) is 419 Å². The molecular weight excluding hydrogens is 853 g/mol. The summed E-state index contributed by atoms with van der Waals surface area (Å²) in [5, 5.41) is 0. The van der Waals surface area contributed by atoms with E-state index in [4.69, 9.17) is 0 Å². The lowest BCUT2D eigenvalue weighted by Gasteiger charge is -2.18. The van der Waals surface area contributed by atoms with Crippen molar-refractivity contribution in [1.82, 2.24) is 0 Å². The Hall–Kier alpha value is 0. The SMILES string of the molecule is C.C.C.C.C.C.C.C.C.C.C.C.CC.CC.CC(C)(C)C.CC(C)C.CC1(C)CC1.CC1CC1.CC1CC1C.CC1CCC1.CCC.CCC(C)C.CCC(C)C.CCC1CC1.CCCC.CCCCC.